The summed E-state index contributed by atoms with van der Waals surface area (Å²) in [4.78, 5) is 26.6. The average Bonchev–Trinajstić information content (AvgIpc) is 3.06. The van der Waals surface area contributed by atoms with E-state index in [0.717, 1.165) is 11.3 Å². The Morgan fingerprint density at radius 2 is 1.81 bits per heavy atom. The van der Waals surface area contributed by atoms with Crippen molar-refractivity contribution >= 4 is 33.9 Å². The Labute approximate surface area is 153 Å². The third kappa shape index (κ3) is 4.04. The summed E-state index contributed by atoms with van der Waals surface area (Å²) in [5, 5.41) is 18.3. The third-order valence-electron chi connectivity index (χ3n) is 3.86. The Kier molecular flexibility index (Phi) is 4.94. The number of nitrogens with zero attached hydrogens (tertiary/aromatic N) is 2. The number of urea groups is 1. The molecule has 3 rings (SSSR count). The summed E-state index contributed by atoms with van der Waals surface area (Å²) in [5.41, 5.74) is 4.61. The standard InChI is InChI=1S/C18H16N4O3S/c1-11-3-4-13(9-12(11)2)16-10-26-18(20-16)21-17(23)19-14-5-7-15(8-6-14)22(24)25/h3-10H,1-2H3,(H2,19,20,21,23). The monoisotopic (exact) mass is 368 g/mol. The van der Waals surface area contributed by atoms with Gasteiger partial charge in [0.05, 0.1) is 10.6 Å². The molecule has 0 fully saturated rings. The van der Waals surface area contributed by atoms with Crippen molar-refractivity contribution < 1.29 is 9.72 Å². The number of hydrogen-bond donors (Lipinski definition) is 2. The lowest BCUT2D eigenvalue weighted by atomic mass is 10.1. The summed E-state index contributed by atoms with van der Waals surface area (Å²) in [6.45, 7) is 4.09. The van der Waals surface area contributed by atoms with Crippen molar-refractivity contribution in [2.45, 2.75) is 13.8 Å². The van der Waals surface area contributed by atoms with E-state index in [4.69, 9.17) is 0 Å². The quantitative estimate of drug-likeness (QED) is 0.501. The number of thiazole rings is 1. The van der Waals surface area contributed by atoms with Crippen LogP contribution in [0.2, 0.25) is 0 Å². The summed E-state index contributed by atoms with van der Waals surface area (Å²) in [6, 6.07) is 11.2. The lowest BCUT2D eigenvalue weighted by Gasteiger charge is -2.05. The number of carbonyl (C=O) groups is 1. The molecule has 0 bridgehead atoms. The van der Waals surface area contributed by atoms with Gasteiger partial charge in [-0.05, 0) is 43.2 Å². The van der Waals surface area contributed by atoms with Gasteiger partial charge in [-0.2, -0.15) is 0 Å². The second kappa shape index (κ2) is 7.32. The number of aryl methyl sites for hydroxylation is 2. The van der Waals surface area contributed by atoms with E-state index in [-0.39, 0.29) is 5.69 Å². The van der Waals surface area contributed by atoms with Crippen LogP contribution in [0.25, 0.3) is 11.3 Å². The molecule has 0 spiro atoms. The molecule has 2 amide bonds. The molecule has 0 radical (unpaired) electrons. The first-order valence-corrected chi connectivity index (χ1v) is 8.66. The van der Waals surface area contributed by atoms with Crippen LogP contribution in [0.4, 0.5) is 21.3 Å². The number of carbonyl (C=O) groups excluding carboxylic acids is 1. The topological polar surface area (TPSA) is 97.2 Å². The van der Waals surface area contributed by atoms with E-state index in [1.807, 2.05) is 24.4 Å². The van der Waals surface area contributed by atoms with Gasteiger partial charge in [-0.1, -0.05) is 12.1 Å². The maximum atomic E-state index is 12.1. The van der Waals surface area contributed by atoms with Crippen LogP contribution in [0.1, 0.15) is 11.1 Å². The van der Waals surface area contributed by atoms with Crippen molar-refractivity contribution in [1.29, 1.82) is 0 Å². The highest BCUT2D eigenvalue weighted by atomic mass is 32.1. The maximum Gasteiger partial charge on any atom is 0.325 e. The maximum absolute atomic E-state index is 12.1. The molecule has 0 unspecified atom stereocenters. The molecular weight excluding hydrogens is 352 g/mol. The zero-order valence-electron chi connectivity index (χ0n) is 14.1. The predicted molar refractivity (Wildman–Crippen MR) is 103 cm³/mol. The van der Waals surface area contributed by atoms with Crippen LogP contribution in [0.3, 0.4) is 0 Å². The lowest BCUT2D eigenvalue weighted by molar-refractivity contribution is -0.384. The van der Waals surface area contributed by atoms with E-state index in [2.05, 4.69) is 28.6 Å². The zero-order valence-corrected chi connectivity index (χ0v) is 15.0. The Balaban J connectivity index is 1.65. The lowest BCUT2D eigenvalue weighted by Crippen LogP contribution is -2.19. The van der Waals surface area contributed by atoms with E-state index in [1.165, 1.54) is 46.7 Å². The van der Waals surface area contributed by atoms with Crippen LogP contribution in [-0.2, 0) is 0 Å². The average molecular weight is 368 g/mol. The number of non-ortho nitro benzene ring substituents is 1. The van der Waals surface area contributed by atoms with E-state index >= 15 is 0 Å². The van der Waals surface area contributed by atoms with Gasteiger partial charge in [0.15, 0.2) is 5.13 Å². The van der Waals surface area contributed by atoms with Crippen molar-refractivity contribution in [3.63, 3.8) is 0 Å². The van der Waals surface area contributed by atoms with Crippen molar-refractivity contribution in [3.05, 3.63) is 69.1 Å². The number of benzene rings is 2. The van der Waals surface area contributed by atoms with Gasteiger partial charge >= 0.3 is 6.03 Å². The number of hydrogen-bond acceptors (Lipinski definition) is 5. The predicted octanol–water partition coefficient (Wildman–Crippen LogP) is 4.98. The largest absolute Gasteiger partial charge is 0.325 e. The number of nitro groups is 1. The van der Waals surface area contributed by atoms with Crippen molar-refractivity contribution in [1.82, 2.24) is 4.98 Å². The van der Waals surface area contributed by atoms with E-state index in [9.17, 15) is 14.9 Å². The van der Waals surface area contributed by atoms with Gasteiger partial charge in [0.2, 0.25) is 0 Å². The highest BCUT2D eigenvalue weighted by molar-refractivity contribution is 7.14. The molecule has 0 saturated heterocycles. The minimum absolute atomic E-state index is 0.0334. The molecule has 2 aromatic carbocycles. The summed E-state index contributed by atoms with van der Waals surface area (Å²) < 4.78 is 0. The van der Waals surface area contributed by atoms with Crippen LogP contribution in [0, 0.1) is 24.0 Å². The van der Waals surface area contributed by atoms with E-state index in [1.54, 1.807) is 0 Å². The van der Waals surface area contributed by atoms with Crippen molar-refractivity contribution in [2.75, 3.05) is 10.6 Å². The van der Waals surface area contributed by atoms with E-state index < -0.39 is 11.0 Å². The Morgan fingerprint density at radius 3 is 2.46 bits per heavy atom. The van der Waals surface area contributed by atoms with Crippen LogP contribution in [0.5, 0.6) is 0 Å². The smallest absolute Gasteiger partial charge is 0.308 e. The number of amides is 2. The summed E-state index contributed by atoms with van der Waals surface area (Å²) in [6.07, 6.45) is 0. The van der Waals surface area contributed by atoms with Crippen LogP contribution in [0.15, 0.2) is 47.8 Å². The van der Waals surface area contributed by atoms with Crippen LogP contribution in [-0.4, -0.2) is 15.9 Å². The molecule has 0 atom stereocenters. The fraction of sp³-hybridized carbons (Fsp3) is 0.111. The van der Waals surface area contributed by atoms with E-state index in [0.29, 0.717) is 10.8 Å². The highest BCUT2D eigenvalue weighted by Crippen LogP contribution is 2.26. The van der Waals surface area contributed by atoms with Gasteiger partial charge in [-0.3, -0.25) is 15.4 Å². The molecular formula is C18H16N4O3S. The summed E-state index contributed by atoms with van der Waals surface area (Å²) >= 11 is 1.33. The molecule has 0 aliphatic heterocycles. The van der Waals surface area contributed by atoms with Crippen LogP contribution >= 0.6 is 11.3 Å². The highest BCUT2D eigenvalue weighted by Gasteiger charge is 2.10. The van der Waals surface area contributed by atoms with Gasteiger partial charge in [0.1, 0.15) is 0 Å². The van der Waals surface area contributed by atoms with Crippen molar-refractivity contribution in [3.8, 4) is 11.3 Å². The molecule has 26 heavy (non-hydrogen) atoms. The number of nitrogens with one attached hydrogen (secondary N) is 2. The minimum Gasteiger partial charge on any atom is -0.308 e. The van der Waals surface area contributed by atoms with Gasteiger partial charge in [-0.15, -0.1) is 11.3 Å². The zero-order chi connectivity index (χ0) is 18.7. The minimum atomic E-state index is -0.492. The number of rotatable bonds is 4. The molecule has 2 N–H and O–H groups in total. The molecule has 8 heteroatoms. The molecule has 0 aliphatic rings. The SMILES string of the molecule is Cc1ccc(-c2csc(NC(=O)Nc3ccc([N+](=O)[O-])cc3)n2)cc1C. The first-order chi connectivity index (χ1) is 12.4. The summed E-state index contributed by atoms with van der Waals surface area (Å²) in [5.74, 6) is 0. The van der Waals surface area contributed by atoms with Gasteiger partial charge < -0.3 is 5.32 Å². The first-order valence-electron chi connectivity index (χ1n) is 7.78. The second-order valence-electron chi connectivity index (χ2n) is 5.72. The molecule has 7 nitrogen and oxygen atoms in total. The normalized spacial score (nSPS) is 10.4. The van der Waals surface area contributed by atoms with Gasteiger partial charge in [-0.25, -0.2) is 9.78 Å². The molecule has 1 heterocycles. The fourth-order valence-corrected chi connectivity index (χ4v) is 3.01. The van der Waals surface area contributed by atoms with Crippen LogP contribution < -0.4 is 10.6 Å². The molecule has 0 saturated carbocycles. The Bertz CT molecular complexity index is 967. The number of aromatic nitrogens is 1. The molecule has 1 aromatic heterocycles. The molecule has 3 aromatic rings. The number of nitro benzene ring substituents is 1. The molecule has 0 aliphatic carbocycles. The fourth-order valence-electron chi connectivity index (χ4n) is 2.29. The summed E-state index contributed by atoms with van der Waals surface area (Å²) in [7, 11) is 0. The molecule has 132 valence electrons. The van der Waals surface area contributed by atoms with Crippen molar-refractivity contribution in [2.24, 2.45) is 0 Å². The third-order valence-corrected chi connectivity index (χ3v) is 4.62. The number of anilines is 2. The van der Waals surface area contributed by atoms with Gasteiger partial charge in [0.25, 0.3) is 5.69 Å². The second-order valence-corrected chi connectivity index (χ2v) is 6.58. The Hall–Kier alpha value is -3.26. The van der Waals surface area contributed by atoms with Gasteiger partial charge in [0, 0.05) is 28.8 Å². The Morgan fingerprint density at radius 1 is 1.08 bits per heavy atom. The first kappa shape index (κ1) is 17.6.